The molecule has 0 spiro atoms. The highest BCUT2D eigenvalue weighted by Gasteiger charge is 2.30. The Morgan fingerprint density at radius 2 is 1.68 bits per heavy atom. The first-order valence-corrected chi connectivity index (χ1v) is 13.8. The summed E-state index contributed by atoms with van der Waals surface area (Å²) in [6.45, 7) is 7.14. The Balaban J connectivity index is 1.57. The molecule has 2 amide bonds. The van der Waals surface area contributed by atoms with Crippen LogP contribution in [0.15, 0.2) is 66.9 Å². The molecule has 0 saturated heterocycles. The fraction of sp³-hybridized carbons (Fsp3) is 0.419. The number of benzene rings is 2. The molecular formula is C31H38ClN3O2. The molecule has 37 heavy (non-hydrogen) atoms. The van der Waals surface area contributed by atoms with Crippen LogP contribution in [-0.2, 0) is 17.9 Å². The quantitative estimate of drug-likeness (QED) is 0.315. The van der Waals surface area contributed by atoms with Crippen LogP contribution < -0.4 is 0 Å². The number of carbonyl (C=O) groups is 2. The van der Waals surface area contributed by atoms with Gasteiger partial charge in [-0.15, -0.1) is 0 Å². The van der Waals surface area contributed by atoms with Gasteiger partial charge in [0.15, 0.2) is 0 Å². The first kappa shape index (κ1) is 27.0. The van der Waals surface area contributed by atoms with Gasteiger partial charge in [-0.1, -0.05) is 67.3 Å². The van der Waals surface area contributed by atoms with Gasteiger partial charge < -0.3 is 14.4 Å². The molecule has 0 radical (unpaired) electrons. The molecule has 1 heterocycles. The molecule has 0 aliphatic heterocycles. The molecule has 2 aromatic carbocycles. The molecule has 1 saturated carbocycles. The van der Waals surface area contributed by atoms with E-state index in [-0.39, 0.29) is 30.4 Å². The summed E-state index contributed by atoms with van der Waals surface area (Å²) in [7, 11) is 0. The van der Waals surface area contributed by atoms with Gasteiger partial charge in [0.1, 0.15) is 6.54 Å². The zero-order chi connectivity index (χ0) is 26.4. The summed E-state index contributed by atoms with van der Waals surface area (Å²) < 4.78 is 2.17. The molecule has 1 aliphatic carbocycles. The van der Waals surface area contributed by atoms with Crippen molar-refractivity contribution in [2.24, 2.45) is 0 Å². The molecular weight excluding hydrogens is 482 g/mol. The predicted molar refractivity (Wildman–Crippen MR) is 150 cm³/mol. The summed E-state index contributed by atoms with van der Waals surface area (Å²) in [5, 5.41) is 0.740. The zero-order valence-corrected chi connectivity index (χ0v) is 23.0. The average Bonchev–Trinajstić information content (AvgIpc) is 3.33. The van der Waals surface area contributed by atoms with Gasteiger partial charge in [-0.25, -0.2) is 0 Å². The summed E-state index contributed by atoms with van der Waals surface area (Å²) in [6.07, 6.45) is 7.53. The van der Waals surface area contributed by atoms with Gasteiger partial charge in [-0.05, 0) is 69.0 Å². The largest absolute Gasteiger partial charge is 0.345 e. The Labute approximate surface area is 226 Å². The molecule has 1 aliphatic rings. The SMILES string of the molecule is Cc1ccccc1C(=O)N(CC(=O)N(Cc1cccn1Cc1ccccc1Cl)C1CCCCC1)C(C)C. The van der Waals surface area contributed by atoms with Crippen molar-refractivity contribution in [1.82, 2.24) is 14.4 Å². The lowest BCUT2D eigenvalue weighted by Gasteiger charge is -2.37. The second kappa shape index (κ2) is 12.5. The number of rotatable bonds is 9. The van der Waals surface area contributed by atoms with Crippen molar-refractivity contribution in [2.45, 2.75) is 78.0 Å². The van der Waals surface area contributed by atoms with Crippen LogP contribution in [-0.4, -0.2) is 44.8 Å². The standard InChI is InChI=1S/C31H38ClN3O2/c1-23(2)34(31(37)28-17-9-7-12-24(28)3)22-30(36)35(26-14-5-4-6-15-26)21-27-16-11-19-33(27)20-25-13-8-10-18-29(25)32/h7-13,16-19,23,26H,4-6,14-15,20-22H2,1-3H3. The Morgan fingerprint density at radius 1 is 0.973 bits per heavy atom. The van der Waals surface area contributed by atoms with Crippen molar-refractivity contribution >= 4 is 23.4 Å². The predicted octanol–water partition coefficient (Wildman–Crippen LogP) is 6.71. The minimum Gasteiger partial charge on any atom is -0.345 e. The van der Waals surface area contributed by atoms with Crippen LogP contribution in [0.5, 0.6) is 0 Å². The normalized spacial score (nSPS) is 14.1. The number of hydrogen-bond acceptors (Lipinski definition) is 2. The van der Waals surface area contributed by atoms with E-state index in [0.29, 0.717) is 18.7 Å². The Kier molecular flexibility index (Phi) is 9.09. The van der Waals surface area contributed by atoms with E-state index >= 15 is 0 Å². The van der Waals surface area contributed by atoms with Crippen LogP contribution >= 0.6 is 11.6 Å². The number of aryl methyl sites for hydroxylation is 1. The number of halogens is 1. The zero-order valence-electron chi connectivity index (χ0n) is 22.2. The van der Waals surface area contributed by atoms with E-state index in [1.165, 1.54) is 6.42 Å². The molecule has 0 unspecified atom stereocenters. The number of amides is 2. The van der Waals surface area contributed by atoms with Gasteiger partial charge in [0, 0.05) is 41.1 Å². The lowest BCUT2D eigenvalue weighted by molar-refractivity contribution is -0.136. The van der Waals surface area contributed by atoms with Gasteiger partial charge in [-0.3, -0.25) is 9.59 Å². The summed E-state index contributed by atoms with van der Waals surface area (Å²) in [4.78, 5) is 31.2. The van der Waals surface area contributed by atoms with Crippen LogP contribution in [0.1, 0.15) is 73.1 Å². The first-order chi connectivity index (χ1) is 17.8. The second-order valence-corrected chi connectivity index (χ2v) is 10.8. The molecule has 4 rings (SSSR count). The Morgan fingerprint density at radius 3 is 2.38 bits per heavy atom. The van der Waals surface area contributed by atoms with Crippen molar-refractivity contribution < 1.29 is 9.59 Å². The third-order valence-electron chi connectivity index (χ3n) is 7.46. The van der Waals surface area contributed by atoms with Crippen molar-refractivity contribution in [1.29, 1.82) is 0 Å². The maximum atomic E-state index is 13.9. The summed E-state index contributed by atoms with van der Waals surface area (Å²) in [5.41, 5.74) is 3.70. The summed E-state index contributed by atoms with van der Waals surface area (Å²) in [5.74, 6) is -0.0832. The van der Waals surface area contributed by atoms with Gasteiger partial charge in [0.25, 0.3) is 5.91 Å². The highest BCUT2D eigenvalue weighted by atomic mass is 35.5. The number of hydrogen-bond donors (Lipinski definition) is 0. The van der Waals surface area contributed by atoms with E-state index in [4.69, 9.17) is 11.6 Å². The molecule has 1 fully saturated rings. The topological polar surface area (TPSA) is 45.6 Å². The lowest BCUT2D eigenvalue weighted by Crippen LogP contribution is -2.49. The highest BCUT2D eigenvalue weighted by Crippen LogP contribution is 2.26. The molecule has 5 nitrogen and oxygen atoms in total. The van der Waals surface area contributed by atoms with Crippen LogP contribution in [0.25, 0.3) is 0 Å². The van der Waals surface area contributed by atoms with Crippen LogP contribution in [0.2, 0.25) is 5.02 Å². The van der Waals surface area contributed by atoms with Crippen LogP contribution in [0, 0.1) is 6.92 Å². The fourth-order valence-corrected chi connectivity index (χ4v) is 5.43. The van der Waals surface area contributed by atoms with Crippen molar-refractivity contribution in [2.75, 3.05) is 6.54 Å². The second-order valence-electron chi connectivity index (χ2n) is 10.4. The maximum Gasteiger partial charge on any atom is 0.254 e. The molecule has 0 atom stereocenters. The summed E-state index contributed by atoms with van der Waals surface area (Å²) in [6, 6.07) is 19.7. The Bertz CT molecular complexity index is 1210. The van der Waals surface area contributed by atoms with E-state index in [2.05, 4.69) is 10.6 Å². The molecule has 1 aromatic heterocycles. The minimum absolute atomic E-state index is 0.00743. The van der Waals surface area contributed by atoms with E-state index in [1.54, 1.807) is 4.90 Å². The monoisotopic (exact) mass is 519 g/mol. The number of nitrogens with zero attached hydrogens (tertiary/aromatic N) is 3. The smallest absolute Gasteiger partial charge is 0.254 e. The fourth-order valence-electron chi connectivity index (χ4n) is 5.24. The Hall–Kier alpha value is -3.05. The van der Waals surface area contributed by atoms with E-state index in [1.807, 2.05) is 86.5 Å². The molecule has 6 heteroatoms. The molecule has 3 aromatic rings. The van der Waals surface area contributed by atoms with Gasteiger partial charge in [0.2, 0.25) is 5.91 Å². The van der Waals surface area contributed by atoms with Gasteiger partial charge in [-0.2, -0.15) is 0 Å². The minimum atomic E-state index is -0.0906. The number of aromatic nitrogens is 1. The average molecular weight is 520 g/mol. The van der Waals surface area contributed by atoms with E-state index in [9.17, 15) is 9.59 Å². The van der Waals surface area contributed by atoms with Gasteiger partial charge in [0.05, 0.1) is 6.54 Å². The number of carbonyl (C=O) groups excluding carboxylic acids is 2. The highest BCUT2D eigenvalue weighted by molar-refractivity contribution is 6.31. The molecule has 0 bridgehead atoms. The third-order valence-corrected chi connectivity index (χ3v) is 7.82. The molecule has 196 valence electrons. The third kappa shape index (κ3) is 6.64. The maximum absolute atomic E-state index is 13.9. The van der Waals surface area contributed by atoms with Crippen LogP contribution in [0.3, 0.4) is 0 Å². The lowest BCUT2D eigenvalue weighted by atomic mass is 9.94. The molecule has 0 N–H and O–H groups in total. The van der Waals surface area contributed by atoms with Gasteiger partial charge >= 0.3 is 0 Å². The van der Waals surface area contributed by atoms with Crippen LogP contribution in [0.4, 0.5) is 0 Å². The van der Waals surface area contributed by atoms with Crippen molar-refractivity contribution in [3.05, 3.63) is 94.3 Å². The van der Waals surface area contributed by atoms with Crippen molar-refractivity contribution in [3.8, 4) is 0 Å². The van der Waals surface area contributed by atoms with E-state index in [0.717, 1.165) is 47.5 Å². The van der Waals surface area contributed by atoms with Crippen molar-refractivity contribution in [3.63, 3.8) is 0 Å². The van der Waals surface area contributed by atoms with E-state index < -0.39 is 0 Å². The summed E-state index contributed by atoms with van der Waals surface area (Å²) >= 11 is 6.43. The first-order valence-electron chi connectivity index (χ1n) is 13.4.